The van der Waals surface area contributed by atoms with Crippen molar-refractivity contribution in [1.82, 2.24) is 34.6 Å². The average molecular weight is 603 g/mol. The maximum Gasteiger partial charge on any atom is 0.261 e. The molecule has 5 aromatic rings. The van der Waals surface area contributed by atoms with Gasteiger partial charge in [0.15, 0.2) is 5.82 Å². The second-order valence-electron chi connectivity index (χ2n) is 11.2. The molecule has 228 valence electrons. The standard InChI is InChI=1S/C33H34N10O2/c1-45-26-9-10-27-23(19-26)5-6-24-20-37-33(39-29(24)27)43-21-28(30(34)40-43)31(44)38-25-7-3-22(4-8-25)11-14-41-15-17-42(18-16-41)32-35-12-2-13-36-32/h2-4,7-10,12-13,19-21H,5-6,11,14-18H2,1H3,(H2,34,40)(H,38,44). The van der Waals surface area contributed by atoms with E-state index in [9.17, 15) is 4.79 Å². The number of hydrogen-bond donors (Lipinski definition) is 2. The number of methoxy groups -OCH3 is 1. The van der Waals surface area contributed by atoms with Crippen molar-refractivity contribution in [2.45, 2.75) is 19.3 Å². The molecule has 45 heavy (non-hydrogen) atoms. The number of hydrogen-bond acceptors (Lipinski definition) is 10. The van der Waals surface area contributed by atoms with E-state index in [0.717, 1.165) is 80.5 Å². The molecule has 1 aliphatic heterocycles. The lowest BCUT2D eigenvalue weighted by molar-refractivity contribution is 0.102. The molecule has 12 nitrogen and oxygen atoms in total. The third kappa shape index (κ3) is 6.04. The summed E-state index contributed by atoms with van der Waals surface area (Å²) >= 11 is 0. The minimum atomic E-state index is -0.345. The number of nitrogens with zero attached hydrogens (tertiary/aromatic N) is 8. The van der Waals surface area contributed by atoms with E-state index < -0.39 is 0 Å². The molecule has 1 aliphatic carbocycles. The number of carbonyl (C=O) groups excluding carboxylic acids is 1. The fourth-order valence-electron chi connectivity index (χ4n) is 5.86. The van der Waals surface area contributed by atoms with Crippen molar-refractivity contribution in [3.8, 4) is 23.0 Å². The fraction of sp³-hybridized carbons (Fsp3) is 0.273. The van der Waals surface area contributed by atoms with Gasteiger partial charge in [-0.05, 0) is 72.4 Å². The van der Waals surface area contributed by atoms with E-state index in [-0.39, 0.29) is 17.3 Å². The number of ether oxygens (including phenoxy) is 1. The summed E-state index contributed by atoms with van der Waals surface area (Å²) in [6, 6.07) is 15.8. The number of benzene rings is 2. The smallest absolute Gasteiger partial charge is 0.261 e. The molecule has 0 atom stereocenters. The first-order chi connectivity index (χ1) is 22.0. The quantitative estimate of drug-likeness (QED) is 0.271. The molecule has 2 aromatic carbocycles. The molecule has 3 aromatic heterocycles. The highest BCUT2D eigenvalue weighted by molar-refractivity contribution is 6.07. The number of piperazine rings is 1. The van der Waals surface area contributed by atoms with Crippen LogP contribution in [0.3, 0.4) is 0 Å². The Hall–Kier alpha value is -5.36. The summed E-state index contributed by atoms with van der Waals surface area (Å²) in [5, 5.41) is 7.29. The number of nitrogen functional groups attached to an aromatic ring is 1. The third-order valence-electron chi connectivity index (χ3n) is 8.41. The van der Waals surface area contributed by atoms with Crippen LogP contribution in [0.5, 0.6) is 5.75 Å². The monoisotopic (exact) mass is 602 g/mol. The normalized spacial score (nSPS) is 14.5. The van der Waals surface area contributed by atoms with Gasteiger partial charge in [-0.1, -0.05) is 12.1 Å². The third-order valence-corrected chi connectivity index (χ3v) is 8.41. The van der Waals surface area contributed by atoms with Crippen molar-refractivity contribution < 1.29 is 9.53 Å². The topological polar surface area (TPSA) is 140 Å². The minimum Gasteiger partial charge on any atom is -0.497 e. The van der Waals surface area contributed by atoms with E-state index >= 15 is 0 Å². The van der Waals surface area contributed by atoms with E-state index in [1.165, 1.54) is 15.8 Å². The summed E-state index contributed by atoms with van der Waals surface area (Å²) in [6.07, 6.45) is 9.62. The maximum atomic E-state index is 13.2. The van der Waals surface area contributed by atoms with E-state index in [4.69, 9.17) is 15.5 Å². The van der Waals surface area contributed by atoms with Gasteiger partial charge in [0.25, 0.3) is 11.9 Å². The van der Waals surface area contributed by atoms with Crippen LogP contribution >= 0.6 is 0 Å². The summed E-state index contributed by atoms with van der Waals surface area (Å²) in [5.74, 6) is 1.73. The zero-order valence-corrected chi connectivity index (χ0v) is 25.1. The van der Waals surface area contributed by atoms with Gasteiger partial charge in [-0.3, -0.25) is 9.69 Å². The van der Waals surface area contributed by atoms with Crippen molar-refractivity contribution in [3.63, 3.8) is 0 Å². The van der Waals surface area contributed by atoms with Crippen LogP contribution in [0, 0.1) is 0 Å². The number of nitrogens with one attached hydrogen (secondary N) is 1. The van der Waals surface area contributed by atoms with Crippen LogP contribution in [0.2, 0.25) is 0 Å². The van der Waals surface area contributed by atoms with Gasteiger partial charge in [-0.2, -0.15) is 0 Å². The van der Waals surface area contributed by atoms with E-state index in [1.54, 1.807) is 25.7 Å². The Morgan fingerprint density at radius 2 is 1.73 bits per heavy atom. The summed E-state index contributed by atoms with van der Waals surface area (Å²) in [4.78, 5) is 35.9. The van der Waals surface area contributed by atoms with Crippen LogP contribution in [-0.4, -0.2) is 80.4 Å². The van der Waals surface area contributed by atoms with Gasteiger partial charge in [-0.25, -0.2) is 24.6 Å². The first kappa shape index (κ1) is 28.4. The Morgan fingerprint density at radius 3 is 2.51 bits per heavy atom. The van der Waals surface area contributed by atoms with E-state index in [1.807, 2.05) is 54.7 Å². The van der Waals surface area contributed by atoms with Gasteiger partial charge < -0.3 is 20.7 Å². The minimum absolute atomic E-state index is 0.106. The molecular formula is C33H34N10O2. The Kier molecular flexibility index (Phi) is 7.78. The van der Waals surface area contributed by atoms with Crippen LogP contribution in [0.15, 0.2) is 73.3 Å². The lowest BCUT2D eigenvalue weighted by Gasteiger charge is -2.34. The second-order valence-corrected chi connectivity index (χ2v) is 11.2. The van der Waals surface area contributed by atoms with Crippen molar-refractivity contribution in [2.24, 2.45) is 0 Å². The molecule has 2 aliphatic rings. The highest BCUT2D eigenvalue weighted by atomic mass is 16.5. The van der Waals surface area contributed by atoms with Gasteiger partial charge in [-0.15, -0.1) is 5.10 Å². The molecule has 0 saturated carbocycles. The zero-order valence-electron chi connectivity index (χ0n) is 25.1. The molecular weight excluding hydrogens is 568 g/mol. The molecule has 4 heterocycles. The van der Waals surface area contributed by atoms with Crippen molar-refractivity contribution in [2.75, 3.05) is 55.8 Å². The summed E-state index contributed by atoms with van der Waals surface area (Å²) in [7, 11) is 1.66. The van der Waals surface area contributed by atoms with Gasteiger partial charge >= 0.3 is 0 Å². The molecule has 0 spiro atoms. The molecule has 3 N–H and O–H groups in total. The number of anilines is 3. The van der Waals surface area contributed by atoms with Crippen LogP contribution in [0.4, 0.5) is 17.5 Å². The van der Waals surface area contributed by atoms with Crippen molar-refractivity contribution in [3.05, 3.63) is 95.6 Å². The molecule has 1 amide bonds. The summed E-state index contributed by atoms with van der Waals surface area (Å²) < 4.78 is 6.85. The lowest BCUT2D eigenvalue weighted by Crippen LogP contribution is -2.47. The average Bonchev–Trinajstić information content (AvgIpc) is 3.49. The first-order valence-corrected chi connectivity index (χ1v) is 15.1. The van der Waals surface area contributed by atoms with E-state index in [0.29, 0.717) is 11.6 Å². The first-order valence-electron chi connectivity index (χ1n) is 15.1. The van der Waals surface area contributed by atoms with Crippen LogP contribution in [0.25, 0.3) is 17.2 Å². The molecule has 0 unspecified atom stereocenters. The van der Waals surface area contributed by atoms with Gasteiger partial charge in [0, 0.05) is 68.8 Å². The molecule has 0 radical (unpaired) electrons. The molecule has 1 saturated heterocycles. The Morgan fingerprint density at radius 1 is 0.956 bits per heavy atom. The predicted molar refractivity (Wildman–Crippen MR) is 172 cm³/mol. The Balaban J connectivity index is 0.965. The van der Waals surface area contributed by atoms with Gasteiger partial charge in [0.2, 0.25) is 5.95 Å². The second kappa shape index (κ2) is 12.3. The SMILES string of the molecule is COc1ccc2c(c1)CCc1cnc(-n3cc(C(=O)Nc4ccc(CCN5CCN(c6ncccn6)CC5)cc4)c(N)n3)nc1-2. The number of fused-ring (bicyclic) bond motifs is 3. The number of amides is 1. The van der Waals surface area contributed by atoms with Crippen molar-refractivity contribution in [1.29, 1.82) is 0 Å². The fourth-order valence-corrected chi connectivity index (χ4v) is 5.86. The Bertz CT molecular complexity index is 1820. The van der Waals surface area contributed by atoms with Gasteiger partial charge in [0.05, 0.1) is 12.8 Å². The van der Waals surface area contributed by atoms with Crippen LogP contribution < -0.4 is 20.7 Å². The number of carbonyl (C=O) groups is 1. The summed E-state index contributed by atoms with van der Waals surface area (Å²) in [5.41, 5.74) is 12.5. The molecule has 1 fully saturated rings. The highest BCUT2D eigenvalue weighted by Crippen LogP contribution is 2.34. The largest absolute Gasteiger partial charge is 0.497 e. The van der Waals surface area contributed by atoms with Crippen molar-refractivity contribution >= 4 is 23.4 Å². The maximum absolute atomic E-state index is 13.2. The predicted octanol–water partition coefficient (Wildman–Crippen LogP) is 3.43. The van der Waals surface area contributed by atoms with Crippen LogP contribution in [0.1, 0.15) is 27.0 Å². The summed E-state index contributed by atoms with van der Waals surface area (Å²) in [6.45, 7) is 4.74. The van der Waals surface area contributed by atoms with E-state index in [2.05, 4.69) is 35.2 Å². The Labute approximate surface area is 260 Å². The molecule has 0 bridgehead atoms. The van der Waals surface area contributed by atoms with Crippen LogP contribution in [-0.2, 0) is 19.3 Å². The van der Waals surface area contributed by atoms with Gasteiger partial charge in [0.1, 0.15) is 11.3 Å². The molecule has 12 heteroatoms. The molecule has 7 rings (SSSR count). The number of aryl methyl sites for hydroxylation is 2. The zero-order chi connectivity index (χ0) is 30.8. The number of rotatable bonds is 8. The highest BCUT2D eigenvalue weighted by Gasteiger charge is 2.22. The lowest BCUT2D eigenvalue weighted by atomic mass is 9.90. The number of nitrogens with two attached hydrogens (primary N) is 1. The number of aromatic nitrogens is 6.